The zero-order valence-electron chi connectivity index (χ0n) is 11.6. The van der Waals surface area contributed by atoms with Crippen molar-refractivity contribution in [2.75, 3.05) is 18.1 Å². The Morgan fingerprint density at radius 3 is 2.85 bits per heavy atom. The first kappa shape index (κ1) is 16.4. The largest absolute Gasteiger partial charge is 0.481 e. The third-order valence-corrected chi connectivity index (χ3v) is 3.39. The number of hydrogen-bond donors (Lipinski definition) is 2. The minimum absolute atomic E-state index is 0.0468. The van der Waals surface area contributed by atoms with Gasteiger partial charge in [-0.2, -0.15) is 0 Å². The van der Waals surface area contributed by atoms with Gasteiger partial charge in [0, 0.05) is 12.3 Å². The SMILES string of the molecule is Cc1cccc(OC(C)C(=O)NCCSCC(=O)O)c1. The fraction of sp³-hybridized carbons (Fsp3) is 0.429. The Hall–Kier alpha value is -1.69. The maximum absolute atomic E-state index is 11.8. The lowest BCUT2D eigenvalue weighted by molar-refractivity contribution is -0.134. The standard InChI is InChI=1S/C14H19NO4S/c1-10-4-3-5-12(8-10)19-11(2)14(18)15-6-7-20-9-13(16)17/h3-5,8,11H,6-7,9H2,1-2H3,(H,15,18)(H,16,17). The molecule has 0 aliphatic carbocycles. The molecule has 0 bridgehead atoms. The van der Waals surface area contributed by atoms with E-state index in [0.29, 0.717) is 18.0 Å². The molecule has 110 valence electrons. The Balaban J connectivity index is 2.27. The topological polar surface area (TPSA) is 75.6 Å². The van der Waals surface area contributed by atoms with Gasteiger partial charge in [0.25, 0.3) is 5.91 Å². The van der Waals surface area contributed by atoms with E-state index in [1.807, 2.05) is 25.1 Å². The van der Waals surface area contributed by atoms with Crippen molar-refractivity contribution in [1.29, 1.82) is 0 Å². The van der Waals surface area contributed by atoms with E-state index in [2.05, 4.69) is 5.32 Å². The van der Waals surface area contributed by atoms with E-state index < -0.39 is 12.1 Å². The van der Waals surface area contributed by atoms with Crippen LogP contribution in [-0.2, 0) is 9.59 Å². The molecule has 0 aromatic heterocycles. The monoisotopic (exact) mass is 297 g/mol. The average molecular weight is 297 g/mol. The first-order valence-electron chi connectivity index (χ1n) is 6.29. The predicted molar refractivity (Wildman–Crippen MR) is 79.2 cm³/mol. The van der Waals surface area contributed by atoms with Crippen LogP contribution in [0.15, 0.2) is 24.3 Å². The van der Waals surface area contributed by atoms with Crippen LogP contribution in [0.4, 0.5) is 0 Å². The Bertz CT molecular complexity index is 464. The van der Waals surface area contributed by atoms with E-state index in [1.54, 1.807) is 13.0 Å². The van der Waals surface area contributed by atoms with Crippen molar-refractivity contribution >= 4 is 23.6 Å². The maximum atomic E-state index is 11.8. The molecule has 0 saturated heterocycles. The van der Waals surface area contributed by atoms with Crippen LogP contribution in [0.3, 0.4) is 0 Å². The quantitative estimate of drug-likeness (QED) is 0.714. The third-order valence-electron chi connectivity index (χ3n) is 2.44. The summed E-state index contributed by atoms with van der Waals surface area (Å²) in [6, 6.07) is 7.50. The summed E-state index contributed by atoms with van der Waals surface area (Å²) in [5.74, 6) is 0.216. The summed E-state index contributed by atoms with van der Waals surface area (Å²) < 4.78 is 5.54. The number of aliphatic carboxylic acids is 1. The van der Waals surface area contributed by atoms with Crippen molar-refractivity contribution in [1.82, 2.24) is 5.32 Å². The van der Waals surface area contributed by atoms with Gasteiger partial charge in [-0.3, -0.25) is 9.59 Å². The molecule has 20 heavy (non-hydrogen) atoms. The Morgan fingerprint density at radius 1 is 1.45 bits per heavy atom. The van der Waals surface area contributed by atoms with E-state index >= 15 is 0 Å². The van der Waals surface area contributed by atoms with Crippen molar-refractivity contribution in [2.24, 2.45) is 0 Å². The molecule has 2 N–H and O–H groups in total. The lowest BCUT2D eigenvalue weighted by Crippen LogP contribution is -2.37. The predicted octanol–water partition coefficient (Wildman–Crippen LogP) is 1.70. The highest BCUT2D eigenvalue weighted by atomic mass is 32.2. The summed E-state index contributed by atoms with van der Waals surface area (Å²) in [6.45, 7) is 4.07. The molecular weight excluding hydrogens is 278 g/mol. The third kappa shape index (κ3) is 6.47. The highest BCUT2D eigenvalue weighted by molar-refractivity contribution is 7.99. The minimum atomic E-state index is -0.850. The van der Waals surface area contributed by atoms with E-state index in [1.165, 1.54) is 11.8 Å². The number of ether oxygens (including phenoxy) is 1. The smallest absolute Gasteiger partial charge is 0.313 e. The lowest BCUT2D eigenvalue weighted by atomic mass is 10.2. The fourth-order valence-electron chi connectivity index (χ4n) is 1.50. The van der Waals surface area contributed by atoms with E-state index in [9.17, 15) is 9.59 Å². The van der Waals surface area contributed by atoms with Crippen LogP contribution in [0, 0.1) is 6.92 Å². The number of thioether (sulfide) groups is 1. The minimum Gasteiger partial charge on any atom is -0.481 e. The Morgan fingerprint density at radius 2 is 2.20 bits per heavy atom. The van der Waals surface area contributed by atoms with Crippen LogP contribution in [0.1, 0.15) is 12.5 Å². The van der Waals surface area contributed by atoms with Crippen LogP contribution in [0.2, 0.25) is 0 Å². The molecular formula is C14H19NO4S. The number of aryl methyl sites for hydroxylation is 1. The second kappa shape index (κ2) is 8.47. The van der Waals surface area contributed by atoms with Gasteiger partial charge in [0.2, 0.25) is 0 Å². The average Bonchev–Trinajstić information content (AvgIpc) is 2.37. The van der Waals surface area contributed by atoms with Crippen molar-refractivity contribution in [3.8, 4) is 5.75 Å². The van der Waals surface area contributed by atoms with Gasteiger partial charge in [0.15, 0.2) is 6.10 Å². The van der Waals surface area contributed by atoms with E-state index in [-0.39, 0.29) is 11.7 Å². The van der Waals surface area contributed by atoms with Gasteiger partial charge in [-0.25, -0.2) is 0 Å². The zero-order chi connectivity index (χ0) is 15.0. The number of carbonyl (C=O) groups is 2. The molecule has 1 aromatic carbocycles. The van der Waals surface area contributed by atoms with Crippen LogP contribution in [0.25, 0.3) is 0 Å². The summed E-state index contributed by atoms with van der Waals surface area (Å²) in [4.78, 5) is 22.1. The van der Waals surface area contributed by atoms with Gasteiger partial charge in [-0.15, -0.1) is 11.8 Å². The molecule has 5 nitrogen and oxygen atoms in total. The first-order chi connectivity index (χ1) is 9.49. The number of carboxylic acid groups (broad SMARTS) is 1. The molecule has 0 spiro atoms. The second-order valence-corrected chi connectivity index (χ2v) is 5.42. The molecule has 1 amide bonds. The van der Waals surface area contributed by atoms with Gasteiger partial charge in [-0.05, 0) is 31.5 Å². The number of carboxylic acids is 1. The fourth-order valence-corrected chi connectivity index (χ4v) is 2.06. The highest BCUT2D eigenvalue weighted by Gasteiger charge is 2.13. The van der Waals surface area contributed by atoms with Crippen molar-refractivity contribution in [3.63, 3.8) is 0 Å². The summed E-state index contributed by atoms with van der Waals surface area (Å²) in [7, 11) is 0. The summed E-state index contributed by atoms with van der Waals surface area (Å²) in [5, 5.41) is 11.2. The lowest BCUT2D eigenvalue weighted by Gasteiger charge is -2.14. The van der Waals surface area contributed by atoms with Crippen LogP contribution in [-0.4, -0.2) is 41.1 Å². The van der Waals surface area contributed by atoms with Crippen LogP contribution in [0.5, 0.6) is 5.75 Å². The molecule has 0 saturated carbocycles. The molecule has 1 unspecified atom stereocenters. The van der Waals surface area contributed by atoms with E-state index in [4.69, 9.17) is 9.84 Å². The van der Waals surface area contributed by atoms with Crippen molar-refractivity contribution in [3.05, 3.63) is 29.8 Å². The van der Waals surface area contributed by atoms with Crippen LogP contribution < -0.4 is 10.1 Å². The van der Waals surface area contributed by atoms with Gasteiger partial charge in [0.05, 0.1) is 5.75 Å². The second-order valence-electron chi connectivity index (χ2n) is 4.31. The zero-order valence-corrected chi connectivity index (χ0v) is 12.4. The number of carbonyl (C=O) groups excluding carboxylic acids is 1. The molecule has 0 aliphatic heterocycles. The van der Waals surface area contributed by atoms with Crippen LogP contribution >= 0.6 is 11.8 Å². The molecule has 1 rings (SSSR count). The first-order valence-corrected chi connectivity index (χ1v) is 7.45. The Labute approximate surface area is 122 Å². The van der Waals surface area contributed by atoms with Gasteiger partial charge >= 0.3 is 5.97 Å². The molecule has 6 heteroatoms. The van der Waals surface area contributed by atoms with Gasteiger partial charge in [0.1, 0.15) is 5.75 Å². The normalized spacial score (nSPS) is 11.7. The van der Waals surface area contributed by atoms with Gasteiger partial charge in [-0.1, -0.05) is 12.1 Å². The number of rotatable bonds is 8. The molecule has 0 aliphatic rings. The van der Waals surface area contributed by atoms with Crippen molar-refractivity contribution < 1.29 is 19.4 Å². The molecule has 0 heterocycles. The highest BCUT2D eigenvalue weighted by Crippen LogP contribution is 2.14. The Kier molecular flexibility index (Phi) is 6.93. The molecule has 1 aromatic rings. The molecule has 0 fully saturated rings. The summed E-state index contributed by atoms with van der Waals surface area (Å²) in [5.41, 5.74) is 1.07. The molecule has 1 atom stereocenters. The van der Waals surface area contributed by atoms with E-state index in [0.717, 1.165) is 5.56 Å². The number of amides is 1. The molecule has 0 radical (unpaired) electrons. The number of hydrogen-bond acceptors (Lipinski definition) is 4. The van der Waals surface area contributed by atoms with Gasteiger partial charge < -0.3 is 15.2 Å². The summed E-state index contributed by atoms with van der Waals surface area (Å²) >= 11 is 1.27. The van der Waals surface area contributed by atoms with Crippen molar-refractivity contribution in [2.45, 2.75) is 20.0 Å². The number of benzene rings is 1. The number of nitrogens with one attached hydrogen (secondary N) is 1. The summed E-state index contributed by atoms with van der Waals surface area (Å²) in [6.07, 6.45) is -0.582. The maximum Gasteiger partial charge on any atom is 0.313 e.